The van der Waals surface area contributed by atoms with Crippen molar-refractivity contribution in [1.29, 1.82) is 0 Å². The monoisotopic (exact) mass is 221 g/mol. The molecule has 1 nitrogen and oxygen atoms in total. The van der Waals surface area contributed by atoms with Crippen LogP contribution < -0.4 is 5.73 Å². The SMILES string of the molecule is NC(CC1CCCCC1)c1ccc(F)cc1. The second kappa shape index (κ2) is 5.44. The van der Waals surface area contributed by atoms with E-state index in [-0.39, 0.29) is 11.9 Å². The van der Waals surface area contributed by atoms with Gasteiger partial charge in [-0.05, 0) is 30.0 Å². The standard InChI is InChI=1S/C14H20FN/c15-13-8-6-12(7-9-13)14(16)10-11-4-2-1-3-5-11/h6-9,11,14H,1-5,10,16H2. The van der Waals surface area contributed by atoms with Crippen LogP contribution in [0.5, 0.6) is 0 Å². The number of benzene rings is 1. The molecule has 0 heterocycles. The lowest BCUT2D eigenvalue weighted by Gasteiger charge is -2.24. The third-order valence-electron chi connectivity index (χ3n) is 3.61. The van der Waals surface area contributed by atoms with Gasteiger partial charge in [0.25, 0.3) is 0 Å². The van der Waals surface area contributed by atoms with Gasteiger partial charge in [0.15, 0.2) is 0 Å². The highest BCUT2D eigenvalue weighted by atomic mass is 19.1. The van der Waals surface area contributed by atoms with Crippen LogP contribution in [-0.4, -0.2) is 0 Å². The van der Waals surface area contributed by atoms with E-state index >= 15 is 0 Å². The quantitative estimate of drug-likeness (QED) is 0.825. The fourth-order valence-electron chi connectivity index (χ4n) is 2.63. The first-order valence-electron chi connectivity index (χ1n) is 6.27. The molecule has 1 unspecified atom stereocenters. The number of nitrogens with two attached hydrogens (primary N) is 1. The van der Waals surface area contributed by atoms with E-state index in [2.05, 4.69) is 0 Å². The van der Waals surface area contributed by atoms with E-state index in [1.165, 1.54) is 44.2 Å². The number of hydrogen-bond acceptors (Lipinski definition) is 1. The molecular weight excluding hydrogens is 201 g/mol. The van der Waals surface area contributed by atoms with Crippen molar-refractivity contribution in [2.45, 2.75) is 44.6 Å². The summed E-state index contributed by atoms with van der Waals surface area (Å²) in [6.07, 6.45) is 7.75. The zero-order valence-corrected chi connectivity index (χ0v) is 9.66. The average Bonchev–Trinajstić information content (AvgIpc) is 2.31. The van der Waals surface area contributed by atoms with Gasteiger partial charge in [0.1, 0.15) is 5.82 Å². The molecule has 0 spiro atoms. The van der Waals surface area contributed by atoms with Crippen LogP contribution in [-0.2, 0) is 0 Å². The molecule has 0 bridgehead atoms. The van der Waals surface area contributed by atoms with Crippen molar-refractivity contribution in [2.75, 3.05) is 0 Å². The Morgan fingerprint density at radius 3 is 2.38 bits per heavy atom. The van der Waals surface area contributed by atoms with Crippen molar-refractivity contribution in [1.82, 2.24) is 0 Å². The lowest BCUT2D eigenvalue weighted by Crippen LogP contribution is -2.17. The molecule has 88 valence electrons. The van der Waals surface area contributed by atoms with Gasteiger partial charge in [-0.1, -0.05) is 44.2 Å². The Kier molecular flexibility index (Phi) is 3.94. The average molecular weight is 221 g/mol. The van der Waals surface area contributed by atoms with Gasteiger partial charge < -0.3 is 5.73 Å². The van der Waals surface area contributed by atoms with Crippen molar-refractivity contribution in [3.63, 3.8) is 0 Å². The minimum Gasteiger partial charge on any atom is -0.324 e. The summed E-state index contributed by atoms with van der Waals surface area (Å²) < 4.78 is 12.8. The Hall–Kier alpha value is -0.890. The predicted octanol–water partition coefficient (Wildman–Crippen LogP) is 3.80. The second-order valence-corrected chi connectivity index (χ2v) is 4.90. The van der Waals surface area contributed by atoms with Crippen molar-refractivity contribution in [3.8, 4) is 0 Å². The van der Waals surface area contributed by atoms with E-state index in [4.69, 9.17) is 5.73 Å². The molecule has 16 heavy (non-hydrogen) atoms. The van der Waals surface area contributed by atoms with Gasteiger partial charge in [0.2, 0.25) is 0 Å². The first kappa shape index (κ1) is 11.6. The molecule has 1 aromatic rings. The zero-order chi connectivity index (χ0) is 11.4. The highest BCUT2D eigenvalue weighted by Crippen LogP contribution is 2.30. The Balaban J connectivity index is 1.91. The summed E-state index contributed by atoms with van der Waals surface area (Å²) in [7, 11) is 0. The largest absolute Gasteiger partial charge is 0.324 e. The van der Waals surface area contributed by atoms with Crippen LogP contribution in [0.15, 0.2) is 24.3 Å². The maximum atomic E-state index is 12.8. The summed E-state index contributed by atoms with van der Waals surface area (Å²) in [5, 5.41) is 0. The number of halogens is 1. The Morgan fingerprint density at radius 2 is 1.75 bits per heavy atom. The zero-order valence-electron chi connectivity index (χ0n) is 9.66. The van der Waals surface area contributed by atoms with Crippen LogP contribution in [0, 0.1) is 11.7 Å². The lowest BCUT2D eigenvalue weighted by molar-refractivity contribution is 0.319. The third kappa shape index (κ3) is 3.05. The Morgan fingerprint density at radius 1 is 1.12 bits per heavy atom. The van der Waals surface area contributed by atoms with E-state index in [0.717, 1.165) is 17.9 Å². The molecule has 0 radical (unpaired) electrons. The van der Waals surface area contributed by atoms with Gasteiger partial charge in [-0.25, -0.2) is 4.39 Å². The lowest BCUT2D eigenvalue weighted by atomic mass is 9.83. The maximum Gasteiger partial charge on any atom is 0.123 e. The third-order valence-corrected chi connectivity index (χ3v) is 3.61. The van der Waals surface area contributed by atoms with Crippen LogP contribution in [0.3, 0.4) is 0 Å². The smallest absolute Gasteiger partial charge is 0.123 e. The summed E-state index contributed by atoms with van der Waals surface area (Å²) in [5.74, 6) is 0.586. The molecular formula is C14H20FN. The highest BCUT2D eigenvalue weighted by molar-refractivity contribution is 5.19. The van der Waals surface area contributed by atoms with Gasteiger partial charge >= 0.3 is 0 Å². The molecule has 2 heteroatoms. The molecule has 1 aliphatic carbocycles. The van der Waals surface area contributed by atoms with E-state index in [9.17, 15) is 4.39 Å². The molecule has 1 fully saturated rings. The Labute approximate surface area is 96.9 Å². The van der Waals surface area contributed by atoms with Crippen molar-refractivity contribution < 1.29 is 4.39 Å². The highest BCUT2D eigenvalue weighted by Gasteiger charge is 2.17. The van der Waals surface area contributed by atoms with Crippen LogP contribution in [0.25, 0.3) is 0 Å². The summed E-state index contributed by atoms with van der Waals surface area (Å²) in [6.45, 7) is 0. The van der Waals surface area contributed by atoms with Crippen molar-refractivity contribution >= 4 is 0 Å². The van der Waals surface area contributed by atoms with Gasteiger partial charge in [0.05, 0.1) is 0 Å². The number of hydrogen-bond donors (Lipinski definition) is 1. The van der Waals surface area contributed by atoms with E-state index in [1.807, 2.05) is 12.1 Å². The van der Waals surface area contributed by atoms with Crippen LogP contribution >= 0.6 is 0 Å². The molecule has 0 aliphatic heterocycles. The fraction of sp³-hybridized carbons (Fsp3) is 0.571. The van der Waals surface area contributed by atoms with Gasteiger partial charge in [-0.2, -0.15) is 0 Å². The normalized spacial score (nSPS) is 19.6. The minimum absolute atomic E-state index is 0.0729. The molecule has 1 saturated carbocycles. The minimum atomic E-state index is -0.186. The summed E-state index contributed by atoms with van der Waals surface area (Å²) >= 11 is 0. The van der Waals surface area contributed by atoms with Crippen LogP contribution in [0.2, 0.25) is 0 Å². The first-order chi connectivity index (χ1) is 7.75. The molecule has 2 rings (SSSR count). The molecule has 1 aliphatic rings. The fourth-order valence-corrected chi connectivity index (χ4v) is 2.63. The Bertz CT molecular complexity index is 314. The van der Waals surface area contributed by atoms with Crippen molar-refractivity contribution in [2.24, 2.45) is 11.7 Å². The molecule has 0 amide bonds. The summed E-state index contributed by atoms with van der Waals surface area (Å²) in [4.78, 5) is 0. The summed E-state index contributed by atoms with van der Waals surface area (Å²) in [6, 6.07) is 6.68. The molecule has 1 aromatic carbocycles. The number of rotatable bonds is 3. The van der Waals surface area contributed by atoms with Gasteiger partial charge in [-0.15, -0.1) is 0 Å². The van der Waals surface area contributed by atoms with Crippen LogP contribution in [0.1, 0.15) is 50.1 Å². The molecule has 0 aromatic heterocycles. The maximum absolute atomic E-state index is 12.8. The molecule has 0 saturated heterocycles. The molecule has 1 atom stereocenters. The van der Waals surface area contributed by atoms with Gasteiger partial charge in [0, 0.05) is 6.04 Å². The van der Waals surface area contributed by atoms with Crippen molar-refractivity contribution in [3.05, 3.63) is 35.6 Å². The van der Waals surface area contributed by atoms with E-state index in [0.29, 0.717) is 0 Å². The predicted molar refractivity (Wildman–Crippen MR) is 64.5 cm³/mol. The topological polar surface area (TPSA) is 26.0 Å². The van der Waals surface area contributed by atoms with Crippen LogP contribution in [0.4, 0.5) is 4.39 Å². The van der Waals surface area contributed by atoms with E-state index < -0.39 is 0 Å². The first-order valence-corrected chi connectivity index (χ1v) is 6.27. The molecule has 2 N–H and O–H groups in total. The van der Waals surface area contributed by atoms with Gasteiger partial charge in [-0.3, -0.25) is 0 Å². The summed E-state index contributed by atoms with van der Waals surface area (Å²) in [5.41, 5.74) is 7.22. The second-order valence-electron chi connectivity index (χ2n) is 4.90. The van der Waals surface area contributed by atoms with E-state index in [1.54, 1.807) is 0 Å².